The van der Waals surface area contributed by atoms with Crippen molar-refractivity contribution in [3.63, 3.8) is 0 Å². The fourth-order valence-electron chi connectivity index (χ4n) is 3.89. The van der Waals surface area contributed by atoms with E-state index < -0.39 is 0 Å². The molecule has 146 valence electrons. The summed E-state index contributed by atoms with van der Waals surface area (Å²) < 4.78 is 7.78. The number of piperidine rings is 1. The van der Waals surface area contributed by atoms with Gasteiger partial charge in [0.15, 0.2) is 5.96 Å². The van der Waals surface area contributed by atoms with Crippen molar-refractivity contribution in [2.24, 2.45) is 12.0 Å². The van der Waals surface area contributed by atoms with Crippen LogP contribution in [-0.4, -0.2) is 77.5 Å². The van der Waals surface area contributed by atoms with Gasteiger partial charge >= 0.3 is 0 Å². The first kappa shape index (κ1) is 19.2. The molecular weight excluding hydrogens is 328 g/mol. The lowest BCUT2D eigenvalue weighted by Crippen LogP contribution is -2.56. The van der Waals surface area contributed by atoms with Crippen LogP contribution in [0.2, 0.25) is 0 Å². The van der Waals surface area contributed by atoms with Gasteiger partial charge in [-0.15, -0.1) is 0 Å². The van der Waals surface area contributed by atoms with Gasteiger partial charge in [0, 0.05) is 44.5 Å². The summed E-state index contributed by atoms with van der Waals surface area (Å²) in [7, 11) is 3.80. The molecule has 1 unspecified atom stereocenters. The number of nitrogens with one attached hydrogen (secondary N) is 1. The molecule has 1 aromatic heterocycles. The quantitative estimate of drug-likeness (QED) is 0.652. The predicted octanol–water partition coefficient (Wildman–Crippen LogP) is 1.63. The summed E-state index contributed by atoms with van der Waals surface area (Å²) in [5.41, 5.74) is 1.26. The summed E-state index contributed by atoms with van der Waals surface area (Å²) in [4.78, 5) is 9.43. The number of aliphatic imine (C=N–C) groups is 1. The highest BCUT2D eigenvalue weighted by Gasteiger charge is 2.30. The molecule has 7 heteroatoms. The van der Waals surface area contributed by atoms with E-state index in [4.69, 9.17) is 4.74 Å². The van der Waals surface area contributed by atoms with E-state index in [1.165, 1.54) is 32.4 Å². The number of hydrogen-bond acceptors (Lipinski definition) is 4. The lowest BCUT2D eigenvalue weighted by atomic mass is 9.98. The van der Waals surface area contributed by atoms with Gasteiger partial charge in [0.05, 0.1) is 19.3 Å². The first-order valence-corrected chi connectivity index (χ1v) is 9.80. The topological polar surface area (TPSA) is 57.9 Å². The van der Waals surface area contributed by atoms with Crippen LogP contribution >= 0.6 is 0 Å². The first-order valence-electron chi connectivity index (χ1n) is 9.80. The molecule has 0 amide bonds. The highest BCUT2D eigenvalue weighted by atomic mass is 16.5. The van der Waals surface area contributed by atoms with Gasteiger partial charge in [-0.2, -0.15) is 5.10 Å². The zero-order chi connectivity index (χ0) is 18.6. The Bertz CT molecular complexity index is 605. The monoisotopic (exact) mass is 362 g/mol. The second-order valence-corrected chi connectivity index (χ2v) is 8.01. The van der Waals surface area contributed by atoms with Crippen LogP contribution in [0.3, 0.4) is 0 Å². The van der Waals surface area contributed by atoms with Crippen molar-refractivity contribution in [1.29, 1.82) is 0 Å². The maximum absolute atomic E-state index is 5.96. The summed E-state index contributed by atoms with van der Waals surface area (Å²) >= 11 is 0. The Morgan fingerprint density at radius 3 is 2.73 bits per heavy atom. The smallest absolute Gasteiger partial charge is 0.193 e. The van der Waals surface area contributed by atoms with E-state index in [0.29, 0.717) is 6.61 Å². The second kappa shape index (κ2) is 8.39. The average Bonchev–Trinajstić information content (AvgIpc) is 3.10. The largest absolute Gasteiger partial charge is 0.370 e. The summed E-state index contributed by atoms with van der Waals surface area (Å²) in [5.74, 6) is 0.965. The van der Waals surface area contributed by atoms with Gasteiger partial charge in [0.2, 0.25) is 0 Å². The number of aryl methyl sites for hydroxylation is 1. The summed E-state index contributed by atoms with van der Waals surface area (Å²) in [6, 6.07) is 0. The van der Waals surface area contributed by atoms with Crippen molar-refractivity contribution in [3.8, 4) is 0 Å². The minimum atomic E-state index is 0.0473. The molecule has 1 aromatic rings. The Hall–Kier alpha value is -1.60. The summed E-state index contributed by atoms with van der Waals surface area (Å²) in [6.45, 7) is 10.3. The molecule has 2 saturated heterocycles. The minimum absolute atomic E-state index is 0.0473. The van der Waals surface area contributed by atoms with E-state index in [9.17, 15) is 0 Å². The van der Waals surface area contributed by atoms with E-state index in [1.54, 1.807) is 0 Å². The third kappa shape index (κ3) is 4.57. The Balaban J connectivity index is 1.57. The van der Waals surface area contributed by atoms with Gasteiger partial charge in [-0.3, -0.25) is 14.6 Å². The van der Waals surface area contributed by atoms with E-state index >= 15 is 0 Å². The van der Waals surface area contributed by atoms with Gasteiger partial charge in [-0.25, -0.2) is 0 Å². The lowest BCUT2D eigenvalue weighted by molar-refractivity contribution is -0.00836. The van der Waals surface area contributed by atoms with Crippen LogP contribution < -0.4 is 5.32 Å². The highest BCUT2D eigenvalue weighted by molar-refractivity contribution is 5.80. The molecule has 1 atom stereocenters. The summed E-state index contributed by atoms with van der Waals surface area (Å²) in [5, 5.41) is 7.88. The first-order chi connectivity index (χ1) is 12.5. The lowest BCUT2D eigenvalue weighted by Gasteiger charge is -2.42. The Morgan fingerprint density at radius 2 is 2.08 bits per heavy atom. The molecule has 0 spiro atoms. The predicted molar refractivity (Wildman–Crippen MR) is 104 cm³/mol. The molecule has 0 aliphatic carbocycles. The van der Waals surface area contributed by atoms with Crippen LogP contribution in [-0.2, 0) is 11.8 Å². The van der Waals surface area contributed by atoms with Gasteiger partial charge < -0.3 is 15.0 Å². The average molecular weight is 363 g/mol. The van der Waals surface area contributed by atoms with Gasteiger partial charge in [0.25, 0.3) is 0 Å². The van der Waals surface area contributed by atoms with Crippen LogP contribution in [0.25, 0.3) is 0 Å². The standard InChI is InChI=1S/C19H34N6O/c1-19(2,25-8-6-5-7-9-25)15-21-18(20-3)24-10-11-26-17(14-24)16-12-22-23(4)13-16/h12-13,17H,5-11,14-15H2,1-4H3,(H,20,21). The van der Waals surface area contributed by atoms with Crippen molar-refractivity contribution >= 4 is 5.96 Å². The molecule has 0 bridgehead atoms. The molecule has 0 saturated carbocycles. The molecule has 7 nitrogen and oxygen atoms in total. The van der Waals surface area contributed by atoms with Crippen molar-refractivity contribution in [3.05, 3.63) is 18.0 Å². The number of ether oxygens (including phenoxy) is 1. The van der Waals surface area contributed by atoms with E-state index in [0.717, 1.165) is 31.2 Å². The number of guanidine groups is 1. The van der Waals surface area contributed by atoms with Crippen LogP contribution in [0.1, 0.15) is 44.8 Å². The zero-order valence-electron chi connectivity index (χ0n) is 16.7. The Morgan fingerprint density at radius 1 is 1.31 bits per heavy atom. The molecule has 0 radical (unpaired) electrons. The number of rotatable bonds is 4. The Kier molecular flexibility index (Phi) is 6.19. The normalized spacial score (nSPS) is 23.3. The molecule has 0 aromatic carbocycles. The van der Waals surface area contributed by atoms with Crippen molar-refractivity contribution in [1.82, 2.24) is 24.9 Å². The summed E-state index contributed by atoms with van der Waals surface area (Å²) in [6.07, 6.45) is 7.97. The van der Waals surface area contributed by atoms with Crippen molar-refractivity contribution in [2.75, 3.05) is 46.4 Å². The van der Waals surface area contributed by atoms with Gasteiger partial charge in [-0.05, 0) is 39.8 Å². The number of morpholine rings is 1. The maximum Gasteiger partial charge on any atom is 0.193 e. The second-order valence-electron chi connectivity index (χ2n) is 8.01. The third-order valence-corrected chi connectivity index (χ3v) is 5.57. The van der Waals surface area contributed by atoms with Gasteiger partial charge in [-0.1, -0.05) is 6.42 Å². The Labute approximate surface area is 157 Å². The molecule has 26 heavy (non-hydrogen) atoms. The minimum Gasteiger partial charge on any atom is -0.370 e. The number of hydrogen-bond donors (Lipinski definition) is 1. The van der Waals surface area contributed by atoms with E-state index in [1.807, 2.05) is 31.2 Å². The molecule has 3 heterocycles. The van der Waals surface area contributed by atoms with E-state index in [2.05, 4.69) is 39.1 Å². The molecule has 2 fully saturated rings. The van der Waals surface area contributed by atoms with Crippen LogP contribution in [0, 0.1) is 0 Å². The van der Waals surface area contributed by atoms with Crippen LogP contribution in [0.5, 0.6) is 0 Å². The highest BCUT2D eigenvalue weighted by Crippen LogP contribution is 2.22. The van der Waals surface area contributed by atoms with E-state index in [-0.39, 0.29) is 11.6 Å². The number of nitrogens with zero attached hydrogens (tertiary/aromatic N) is 5. The molecule has 2 aliphatic rings. The maximum atomic E-state index is 5.96. The molecule has 3 rings (SSSR count). The van der Waals surface area contributed by atoms with Crippen molar-refractivity contribution < 1.29 is 4.74 Å². The zero-order valence-corrected chi connectivity index (χ0v) is 16.7. The SMILES string of the molecule is CN=C(NCC(C)(C)N1CCCCC1)N1CCOC(c2cnn(C)c2)C1. The van der Waals surface area contributed by atoms with Crippen LogP contribution in [0.15, 0.2) is 17.4 Å². The molecule has 1 N–H and O–H groups in total. The molecule has 2 aliphatic heterocycles. The fraction of sp³-hybridized carbons (Fsp3) is 0.789. The third-order valence-electron chi connectivity index (χ3n) is 5.57. The van der Waals surface area contributed by atoms with Crippen molar-refractivity contribution in [2.45, 2.75) is 44.8 Å². The van der Waals surface area contributed by atoms with Crippen LogP contribution in [0.4, 0.5) is 0 Å². The number of likely N-dealkylation sites (tertiary alicyclic amines) is 1. The number of aromatic nitrogens is 2. The fourth-order valence-corrected chi connectivity index (χ4v) is 3.89. The molecular formula is C19H34N6O. The van der Waals surface area contributed by atoms with Gasteiger partial charge in [0.1, 0.15) is 6.10 Å².